The minimum Gasteiger partial charge on any atom is -0.383 e. The maximum Gasteiger partial charge on any atom is 0.416 e. The number of rotatable bonds is 10. The first kappa shape index (κ1) is 25.1. The zero-order valence-corrected chi connectivity index (χ0v) is 18.4. The molecule has 0 radical (unpaired) electrons. The minimum atomic E-state index is -4.70. The summed E-state index contributed by atoms with van der Waals surface area (Å²) in [7, 11) is -6.73. The first-order valence-corrected chi connectivity index (χ1v) is 12.1. The Hall–Kier alpha value is -2.15. The Bertz CT molecular complexity index is 1100. The molecule has 0 atom stereocenters. The van der Waals surface area contributed by atoms with Gasteiger partial charge in [0, 0.05) is 20.2 Å². The number of nitrogens with zero attached hydrogens (tertiary/aromatic N) is 1. The molecule has 0 heterocycles. The molecule has 2 aromatic rings. The van der Waals surface area contributed by atoms with E-state index in [0.717, 1.165) is 22.5 Å². The van der Waals surface area contributed by atoms with Crippen LogP contribution in [0.1, 0.15) is 18.1 Å². The van der Waals surface area contributed by atoms with E-state index in [9.17, 15) is 30.0 Å². The Labute approximate surface area is 179 Å². The van der Waals surface area contributed by atoms with Crippen LogP contribution in [-0.4, -0.2) is 47.2 Å². The second-order valence-electron chi connectivity index (χ2n) is 6.43. The van der Waals surface area contributed by atoms with Crippen molar-refractivity contribution in [1.29, 1.82) is 0 Å². The molecule has 0 bridgehead atoms. The highest BCUT2D eigenvalue weighted by Crippen LogP contribution is 2.31. The van der Waals surface area contributed by atoms with E-state index in [1.165, 1.54) is 32.2 Å². The van der Waals surface area contributed by atoms with Crippen molar-refractivity contribution in [3.63, 3.8) is 0 Å². The van der Waals surface area contributed by atoms with E-state index in [2.05, 4.69) is 0 Å². The molecular formula is C19H22F3NO6S2. The number of hydrogen-bond acceptors (Lipinski definition) is 6. The Morgan fingerprint density at radius 3 is 2.29 bits per heavy atom. The van der Waals surface area contributed by atoms with Crippen LogP contribution in [0.3, 0.4) is 0 Å². The SMILES string of the molecule is CCS(=O)(=O)Oc1cccc(CN(CCOC)S(=O)(=O)c2cccc(C(F)(F)F)c2)c1. The Kier molecular flexibility index (Phi) is 8.09. The zero-order chi connectivity index (χ0) is 23.3. The fourth-order valence-corrected chi connectivity index (χ4v) is 4.54. The van der Waals surface area contributed by atoms with Gasteiger partial charge in [0.2, 0.25) is 10.0 Å². The Balaban J connectivity index is 2.38. The van der Waals surface area contributed by atoms with Gasteiger partial charge in [0.25, 0.3) is 0 Å². The largest absolute Gasteiger partial charge is 0.416 e. The molecule has 2 rings (SSSR count). The molecule has 2 aromatic carbocycles. The van der Waals surface area contributed by atoms with Gasteiger partial charge in [-0.05, 0) is 42.8 Å². The average Bonchev–Trinajstić information content (AvgIpc) is 2.70. The predicted molar refractivity (Wildman–Crippen MR) is 107 cm³/mol. The third-order valence-electron chi connectivity index (χ3n) is 4.18. The van der Waals surface area contributed by atoms with E-state index in [1.54, 1.807) is 6.07 Å². The van der Waals surface area contributed by atoms with Gasteiger partial charge >= 0.3 is 16.3 Å². The van der Waals surface area contributed by atoms with Gasteiger partial charge in [0.1, 0.15) is 5.75 Å². The van der Waals surface area contributed by atoms with Gasteiger partial charge in [-0.3, -0.25) is 0 Å². The first-order chi connectivity index (χ1) is 14.4. The molecule has 0 aliphatic carbocycles. The molecule has 0 amide bonds. The lowest BCUT2D eigenvalue weighted by molar-refractivity contribution is -0.137. The quantitative estimate of drug-likeness (QED) is 0.484. The van der Waals surface area contributed by atoms with Crippen LogP contribution in [0.2, 0.25) is 0 Å². The summed E-state index contributed by atoms with van der Waals surface area (Å²) < 4.78 is 99.3. The number of hydrogen-bond donors (Lipinski definition) is 0. The van der Waals surface area contributed by atoms with Crippen LogP contribution in [0.5, 0.6) is 5.75 Å². The van der Waals surface area contributed by atoms with E-state index in [0.29, 0.717) is 11.6 Å². The molecule has 0 spiro atoms. The molecule has 172 valence electrons. The van der Waals surface area contributed by atoms with E-state index < -0.39 is 36.8 Å². The molecule has 0 aromatic heterocycles. The van der Waals surface area contributed by atoms with Gasteiger partial charge in [-0.25, -0.2) is 8.42 Å². The van der Waals surface area contributed by atoms with E-state index >= 15 is 0 Å². The summed E-state index contributed by atoms with van der Waals surface area (Å²) in [5, 5.41) is 0. The van der Waals surface area contributed by atoms with Gasteiger partial charge in [-0.15, -0.1) is 0 Å². The van der Waals surface area contributed by atoms with Crippen LogP contribution < -0.4 is 4.18 Å². The highest BCUT2D eigenvalue weighted by molar-refractivity contribution is 7.89. The van der Waals surface area contributed by atoms with Crippen LogP contribution in [0.15, 0.2) is 53.4 Å². The first-order valence-electron chi connectivity index (χ1n) is 9.06. The number of halogens is 3. The second-order valence-corrected chi connectivity index (χ2v) is 10.2. The van der Waals surface area contributed by atoms with E-state index in [4.69, 9.17) is 8.92 Å². The number of methoxy groups -OCH3 is 1. The highest BCUT2D eigenvalue weighted by atomic mass is 32.2. The molecule has 0 unspecified atom stereocenters. The molecule has 0 saturated carbocycles. The lowest BCUT2D eigenvalue weighted by Gasteiger charge is -2.23. The summed E-state index contributed by atoms with van der Waals surface area (Å²) in [5.74, 6) is -0.247. The fraction of sp³-hybridized carbons (Fsp3) is 0.368. The van der Waals surface area contributed by atoms with Crippen molar-refractivity contribution in [2.24, 2.45) is 0 Å². The molecular weight excluding hydrogens is 459 g/mol. The van der Waals surface area contributed by atoms with Crippen molar-refractivity contribution < 1.29 is 38.9 Å². The van der Waals surface area contributed by atoms with Crippen molar-refractivity contribution >= 4 is 20.1 Å². The molecule has 12 heteroatoms. The van der Waals surface area contributed by atoms with Crippen LogP contribution in [0, 0.1) is 0 Å². The summed E-state index contributed by atoms with van der Waals surface area (Å²) in [5.41, 5.74) is -0.698. The van der Waals surface area contributed by atoms with Gasteiger partial charge < -0.3 is 8.92 Å². The third-order valence-corrected chi connectivity index (χ3v) is 7.17. The summed E-state index contributed by atoms with van der Waals surface area (Å²) in [6.45, 7) is 1.05. The number of sulfonamides is 1. The van der Waals surface area contributed by atoms with Crippen LogP contribution in [0.25, 0.3) is 0 Å². The molecule has 0 aliphatic rings. The standard InChI is InChI=1S/C19H22F3NO6S2/c1-3-30(24,25)29-17-8-4-6-15(12-17)14-23(10-11-28-2)31(26,27)18-9-5-7-16(13-18)19(20,21)22/h4-9,12-13H,3,10-11,14H2,1-2H3. The zero-order valence-electron chi connectivity index (χ0n) is 16.8. The van der Waals surface area contributed by atoms with E-state index in [-0.39, 0.29) is 31.2 Å². The number of alkyl halides is 3. The topological polar surface area (TPSA) is 90.0 Å². The van der Waals surface area contributed by atoms with Crippen molar-refractivity contribution in [3.05, 3.63) is 59.7 Å². The molecule has 0 fully saturated rings. The van der Waals surface area contributed by atoms with Crippen LogP contribution in [-0.2, 0) is 37.6 Å². The molecule has 31 heavy (non-hydrogen) atoms. The molecule has 0 N–H and O–H groups in total. The van der Waals surface area contributed by atoms with Gasteiger partial charge in [0.05, 0.1) is 22.8 Å². The Morgan fingerprint density at radius 1 is 1.00 bits per heavy atom. The van der Waals surface area contributed by atoms with Crippen molar-refractivity contribution in [1.82, 2.24) is 4.31 Å². The molecule has 0 aliphatic heterocycles. The maximum atomic E-state index is 13.1. The van der Waals surface area contributed by atoms with Crippen LogP contribution in [0.4, 0.5) is 13.2 Å². The Morgan fingerprint density at radius 2 is 1.68 bits per heavy atom. The third kappa shape index (κ3) is 6.92. The summed E-state index contributed by atoms with van der Waals surface area (Å²) in [6.07, 6.45) is -4.70. The van der Waals surface area contributed by atoms with Gasteiger partial charge in [-0.2, -0.15) is 25.9 Å². The normalized spacial score (nSPS) is 12.8. The van der Waals surface area contributed by atoms with Crippen molar-refractivity contribution in [3.8, 4) is 5.75 Å². The monoisotopic (exact) mass is 481 g/mol. The van der Waals surface area contributed by atoms with E-state index in [1.807, 2.05) is 0 Å². The summed E-state index contributed by atoms with van der Waals surface area (Å²) in [4.78, 5) is -0.514. The summed E-state index contributed by atoms with van der Waals surface area (Å²) in [6, 6.07) is 9.25. The lowest BCUT2D eigenvalue weighted by Crippen LogP contribution is -2.33. The number of benzene rings is 2. The van der Waals surface area contributed by atoms with Crippen molar-refractivity contribution in [2.75, 3.05) is 26.0 Å². The number of ether oxygens (including phenoxy) is 1. The minimum absolute atomic E-state index is 0.00139. The maximum absolute atomic E-state index is 13.1. The molecule has 7 nitrogen and oxygen atoms in total. The van der Waals surface area contributed by atoms with Crippen molar-refractivity contribution in [2.45, 2.75) is 24.5 Å². The van der Waals surface area contributed by atoms with Crippen LogP contribution >= 0.6 is 0 Å². The second kappa shape index (κ2) is 9.98. The van der Waals surface area contributed by atoms with Gasteiger partial charge in [-0.1, -0.05) is 18.2 Å². The highest BCUT2D eigenvalue weighted by Gasteiger charge is 2.33. The molecule has 0 saturated heterocycles. The summed E-state index contributed by atoms with van der Waals surface area (Å²) >= 11 is 0. The predicted octanol–water partition coefficient (Wildman–Crippen LogP) is 3.27. The lowest BCUT2D eigenvalue weighted by atomic mass is 10.2. The smallest absolute Gasteiger partial charge is 0.383 e. The van der Waals surface area contributed by atoms with Gasteiger partial charge in [0.15, 0.2) is 0 Å². The average molecular weight is 482 g/mol. The fourth-order valence-electron chi connectivity index (χ4n) is 2.56.